The molecule has 1 amide bonds. The topological polar surface area (TPSA) is 53.0 Å². The lowest BCUT2D eigenvalue weighted by atomic mass is 9.99. The molecule has 1 N–H and O–H groups in total. The second-order valence-electron chi connectivity index (χ2n) is 6.09. The van der Waals surface area contributed by atoms with Crippen LogP contribution in [-0.2, 0) is 9.53 Å². The van der Waals surface area contributed by atoms with E-state index in [-0.39, 0.29) is 24.0 Å². The van der Waals surface area contributed by atoms with Gasteiger partial charge in [0, 0.05) is 19.6 Å². The number of likely N-dealkylation sites (N-methyl/N-ethyl adjacent to an activating group) is 1. The molecule has 2 heterocycles. The molecule has 3 rings (SSSR count). The first-order chi connectivity index (χ1) is 8.50. The lowest BCUT2D eigenvalue weighted by molar-refractivity contribution is -0.151. The second kappa shape index (κ2) is 4.18. The van der Waals surface area contributed by atoms with Gasteiger partial charge in [-0.3, -0.25) is 9.69 Å². The monoisotopic (exact) mass is 254 g/mol. The van der Waals surface area contributed by atoms with Crippen LogP contribution < -0.4 is 0 Å². The first-order valence-corrected chi connectivity index (χ1v) is 6.83. The largest absolute Gasteiger partial charge is 0.380 e. The second-order valence-corrected chi connectivity index (χ2v) is 6.09. The molecule has 2 aliphatic heterocycles. The molecule has 0 bridgehead atoms. The number of rotatable bonds is 2. The molecule has 0 aromatic heterocycles. The van der Waals surface area contributed by atoms with E-state index in [1.165, 1.54) is 0 Å². The molecule has 3 atom stereocenters. The van der Waals surface area contributed by atoms with Gasteiger partial charge in [0.25, 0.3) is 5.91 Å². The molecule has 5 nitrogen and oxygen atoms in total. The summed E-state index contributed by atoms with van der Waals surface area (Å²) in [6.07, 6.45) is 2.05. The molecule has 102 valence electrons. The number of amides is 1. The molecule has 3 fully saturated rings. The fourth-order valence-electron chi connectivity index (χ4n) is 3.16. The Kier molecular flexibility index (Phi) is 2.88. The molecule has 0 spiro atoms. The summed E-state index contributed by atoms with van der Waals surface area (Å²) in [5, 5.41) is 10.3. The van der Waals surface area contributed by atoms with Crippen LogP contribution in [0.25, 0.3) is 0 Å². The van der Waals surface area contributed by atoms with Crippen molar-refractivity contribution in [2.24, 2.45) is 5.92 Å². The predicted molar refractivity (Wildman–Crippen MR) is 66.1 cm³/mol. The summed E-state index contributed by atoms with van der Waals surface area (Å²) in [6.45, 7) is 4.63. The summed E-state index contributed by atoms with van der Waals surface area (Å²) in [5.41, 5.74) is -1.17. The van der Waals surface area contributed by atoms with E-state index in [1.54, 1.807) is 11.8 Å². The lowest BCUT2D eigenvalue weighted by Crippen LogP contribution is -2.49. The van der Waals surface area contributed by atoms with Crippen LogP contribution in [0.2, 0.25) is 0 Å². The van der Waals surface area contributed by atoms with Gasteiger partial charge in [-0.1, -0.05) is 0 Å². The van der Waals surface area contributed by atoms with Gasteiger partial charge >= 0.3 is 0 Å². The summed E-state index contributed by atoms with van der Waals surface area (Å²) in [7, 11) is 2.08. The van der Waals surface area contributed by atoms with Gasteiger partial charge in [0.1, 0.15) is 5.60 Å². The highest BCUT2D eigenvalue weighted by Gasteiger charge is 2.50. The number of nitrogens with zero attached hydrogens (tertiary/aromatic N) is 2. The van der Waals surface area contributed by atoms with Gasteiger partial charge < -0.3 is 14.7 Å². The Morgan fingerprint density at radius 1 is 1.39 bits per heavy atom. The van der Waals surface area contributed by atoms with Gasteiger partial charge in [-0.15, -0.1) is 0 Å². The Morgan fingerprint density at radius 2 is 2.11 bits per heavy atom. The third-order valence-electron chi connectivity index (χ3n) is 4.67. The van der Waals surface area contributed by atoms with Gasteiger partial charge in [-0.25, -0.2) is 0 Å². The van der Waals surface area contributed by atoms with Crippen molar-refractivity contribution in [1.82, 2.24) is 9.80 Å². The number of ether oxygens (including phenoxy) is 1. The minimum atomic E-state index is -1.17. The first-order valence-electron chi connectivity index (χ1n) is 6.83. The molecule has 0 aromatic carbocycles. The van der Waals surface area contributed by atoms with E-state index in [4.69, 9.17) is 4.74 Å². The fraction of sp³-hybridized carbons (Fsp3) is 0.923. The zero-order chi connectivity index (χ0) is 12.9. The molecule has 0 radical (unpaired) electrons. The van der Waals surface area contributed by atoms with Crippen LogP contribution in [0, 0.1) is 5.92 Å². The third-order valence-corrected chi connectivity index (χ3v) is 4.67. The molecule has 3 aliphatic rings. The smallest absolute Gasteiger partial charge is 0.254 e. The van der Waals surface area contributed by atoms with Crippen LogP contribution in [0.1, 0.15) is 19.8 Å². The zero-order valence-corrected chi connectivity index (χ0v) is 11.1. The van der Waals surface area contributed by atoms with Crippen LogP contribution in [0.15, 0.2) is 0 Å². The maximum Gasteiger partial charge on any atom is 0.254 e. The maximum absolute atomic E-state index is 12.4. The van der Waals surface area contributed by atoms with Crippen LogP contribution >= 0.6 is 0 Å². The number of carbonyl (C=O) groups excluding carboxylic acids is 1. The average Bonchev–Trinajstić information content (AvgIpc) is 3.09. The summed E-state index contributed by atoms with van der Waals surface area (Å²) >= 11 is 0. The normalized spacial score (nSPS) is 36.3. The van der Waals surface area contributed by atoms with Crippen molar-refractivity contribution in [3.63, 3.8) is 0 Å². The highest BCUT2D eigenvalue weighted by molar-refractivity contribution is 5.85. The van der Waals surface area contributed by atoms with E-state index in [9.17, 15) is 9.90 Å². The van der Waals surface area contributed by atoms with Crippen LogP contribution in [-0.4, -0.2) is 71.8 Å². The van der Waals surface area contributed by atoms with E-state index in [1.807, 2.05) is 0 Å². The Bertz CT molecular complexity index is 354. The molecule has 0 aromatic rings. The molecule has 1 saturated carbocycles. The number of aliphatic hydroxyl groups is 1. The van der Waals surface area contributed by atoms with Crippen LogP contribution in [0.5, 0.6) is 0 Å². The molecular formula is C13H22N2O3. The Labute approximate surface area is 108 Å². The third kappa shape index (κ3) is 1.94. The maximum atomic E-state index is 12.4. The number of hydrogen-bond donors (Lipinski definition) is 1. The molecule has 2 saturated heterocycles. The number of likely N-dealkylation sites (tertiary alicyclic amines) is 1. The molecule has 5 heteroatoms. The van der Waals surface area contributed by atoms with Crippen molar-refractivity contribution in [2.75, 3.05) is 33.3 Å². The Hall–Kier alpha value is -0.650. The fourth-order valence-corrected chi connectivity index (χ4v) is 3.16. The summed E-state index contributed by atoms with van der Waals surface area (Å²) in [6, 6.07) is 0.290. The van der Waals surface area contributed by atoms with Crippen molar-refractivity contribution in [1.29, 1.82) is 0 Å². The van der Waals surface area contributed by atoms with Crippen molar-refractivity contribution in [3.8, 4) is 0 Å². The quantitative estimate of drug-likeness (QED) is 0.734. The number of fused-ring (bicyclic) bond motifs is 1. The first kappa shape index (κ1) is 12.4. The molecule has 18 heavy (non-hydrogen) atoms. The van der Waals surface area contributed by atoms with Crippen molar-refractivity contribution in [3.05, 3.63) is 0 Å². The van der Waals surface area contributed by atoms with Gasteiger partial charge in [0.15, 0.2) is 0 Å². The summed E-state index contributed by atoms with van der Waals surface area (Å²) in [5.74, 6) is 0.0441. The standard InChI is InChI=1S/C13H22N2O3/c1-13(17,9-3-4-9)12(16)15-7-10-11(8-15)18-6-5-14(10)2/h9-11,17H,3-8H2,1-2H3/t10-,11+,13?/m0/s1. The Morgan fingerprint density at radius 3 is 2.72 bits per heavy atom. The number of morpholine rings is 1. The van der Waals surface area contributed by atoms with Crippen molar-refractivity contribution < 1.29 is 14.6 Å². The van der Waals surface area contributed by atoms with Crippen LogP contribution in [0.4, 0.5) is 0 Å². The predicted octanol–water partition coefficient (Wildman–Crippen LogP) is -0.311. The van der Waals surface area contributed by atoms with Crippen LogP contribution in [0.3, 0.4) is 0 Å². The Balaban J connectivity index is 1.69. The highest BCUT2D eigenvalue weighted by Crippen LogP contribution is 2.41. The molecular weight excluding hydrogens is 232 g/mol. The van der Waals surface area contributed by atoms with E-state index >= 15 is 0 Å². The van der Waals surface area contributed by atoms with E-state index in [2.05, 4.69) is 11.9 Å². The van der Waals surface area contributed by atoms with E-state index in [0.717, 1.165) is 26.0 Å². The summed E-state index contributed by atoms with van der Waals surface area (Å²) < 4.78 is 5.72. The van der Waals surface area contributed by atoms with Gasteiger partial charge in [-0.2, -0.15) is 0 Å². The lowest BCUT2D eigenvalue weighted by Gasteiger charge is -2.33. The molecule has 1 aliphatic carbocycles. The van der Waals surface area contributed by atoms with Crippen molar-refractivity contribution in [2.45, 2.75) is 37.5 Å². The average molecular weight is 254 g/mol. The van der Waals surface area contributed by atoms with E-state index in [0.29, 0.717) is 13.1 Å². The minimum Gasteiger partial charge on any atom is -0.380 e. The SMILES string of the molecule is CN1CCO[C@@H]2CN(C(=O)C(C)(O)C3CC3)C[C@@H]21. The van der Waals surface area contributed by atoms with Gasteiger partial charge in [0.2, 0.25) is 0 Å². The molecule has 1 unspecified atom stereocenters. The number of carbonyl (C=O) groups is 1. The summed E-state index contributed by atoms with van der Waals surface area (Å²) in [4.78, 5) is 16.4. The van der Waals surface area contributed by atoms with Gasteiger partial charge in [-0.05, 0) is 32.7 Å². The van der Waals surface area contributed by atoms with Crippen molar-refractivity contribution >= 4 is 5.91 Å². The van der Waals surface area contributed by atoms with Gasteiger partial charge in [0.05, 0.1) is 18.8 Å². The number of hydrogen-bond acceptors (Lipinski definition) is 4. The minimum absolute atomic E-state index is 0.114. The highest BCUT2D eigenvalue weighted by atomic mass is 16.5. The zero-order valence-electron chi connectivity index (χ0n) is 11.1. The van der Waals surface area contributed by atoms with E-state index < -0.39 is 5.60 Å².